The molecule has 0 aliphatic rings. The minimum absolute atomic E-state index is 0.111. The molecule has 9 heteroatoms. The molecule has 2 amide bonds. The first kappa shape index (κ1) is 24.2. The second kappa shape index (κ2) is 11.0. The van der Waals surface area contributed by atoms with Gasteiger partial charge in [-0.25, -0.2) is 4.98 Å². The molecule has 2 N–H and O–H groups in total. The topological polar surface area (TPSA) is 102 Å². The Morgan fingerprint density at radius 1 is 1.00 bits per heavy atom. The van der Waals surface area contributed by atoms with Crippen molar-refractivity contribution in [3.63, 3.8) is 0 Å². The molecule has 4 aromatic rings. The van der Waals surface area contributed by atoms with E-state index in [-0.39, 0.29) is 30.3 Å². The Morgan fingerprint density at radius 3 is 2.46 bits per heavy atom. The third-order valence-corrected chi connectivity index (χ3v) is 6.60. The van der Waals surface area contributed by atoms with Crippen LogP contribution in [-0.2, 0) is 16.1 Å². The molecule has 0 spiro atoms. The maximum atomic E-state index is 12.7. The highest BCUT2D eigenvalue weighted by atomic mass is 32.1. The summed E-state index contributed by atoms with van der Waals surface area (Å²) >= 11 is 1.47. The van der Waals surface area contributed by atoms with Crippen molar-refractivity contribution >= 4 is 39.1 Å². The monoisotopic (exact) mass is 490 g/mol. The number of nitrogens with one attached hydrogen (secondary N) is 2. The molecule has 0 radical (unpaired) electrons. The van der Waals surface area contributed by atoms with Gasteiger partial charge in [0.25, 0.3) is 5.56 Å². The molecule has 180 valence electrons. The number of hydrogen-bond donors (Lipinski definition) is 2. The predicted octanol–water partition coefficient (Wildman–Crippen LogP) is 4.40. The number of para-hydroxylation sites is 1. The largest absolute Gasteiger partial charge is 0.457 e. The van der Waals surface area contributed by atoms with Crippen LogP contribution in [0.15, 0.2) is 65.7 Å². The van der Waals surface area contributed by atoms with Crippen molar-refractivity contribution in [1.29, 1.82) is 0 Å². The molecule has 4 rings (SSSR count). The van der Waals surface area contributed by atoms with Gasteiger partial charge in [-0.1, -0.05) is 18.2 Å². The number of ether oxygens (including phenoxy) is 1. The number of hydrogen-bond acceptors (Lipinski definition) is 6. The number of anilines is 1. The van der Waals surface area contributed by atoms with Crippen LogP contribution >= 0.6 is 11.3 Å². The fourth-order valence-corrected chi connectivity index (χ4v) is 4.51. The molecule has 0 saturated carbocycles. The SMILES string of the molecule is Cc1sc2ncn(CC(=O)NCCCC(=O)Nc3ccc(Oc4ccccc4)cc3)c(=O)c2c1C. The van der Waals surface area contributed by atoms with E-state index in [0.29, 0.717) is 34.6 Å². The fraction of sp³-hybridized carbons (Fsp3) is 0.231. The Morgan fingerprint density at radius 2 is 1.71 bits per heavy atom. The molecule has 8 nitrogen and oxygen atoms in total. The van der Waals surface area contributed by atoms with Gasteiger partial charge < -0.3 is 15.4 Å². The summed E-state index contributed by atoms with van der Waals surface area (Å²) in [7, 11) is 0. The number of fused-ring (bicyclic) bond motifs is 1. The first-order valence-electron chi connectivity index (χ1n) is 11.3. The van der Waals surface area contributed by atoms with Gasteiger partial charge in [-0.2, -0.15) is 0 Å². The number of aryl methyl sites for hydroxylation is 2. The van der Waals surface area contributed by atoms with Crippen LogP contribution in [-0.4, -0.2) is 27.9 Å². The fourth-order valence-electron chi connectivity index (χ4n) is 3.52. The van der Waals surface area contributed by atoms with E-state index in [9.17, 15) is 14.4 Å². The summed E-state index contributed by atoms with van der Waals surface area (Å²) in [4.78, 5) is 43.2. The summed E-state index contributed by atoms with van der Waals surface area (Å²) in [5.74, 6) is 0.969. The summed E-state index contributed by atoms with van der Waals surface area (Å²) in [5, 5.41) is 6.16. The minimum atomic E-state index is -0.299. The Balaban J connectivity index is 1.20. The van der Waals surface area contributed by atoms with E-state index in [1.165, 1.54) is 22.2 Å². The molecule has 2 aromatic heterocycles. The van der Waals surface area contributed by atoms with Crippen LogP contribution in [0.1, 0.15) is 23.3 Å². The van der Waals surface area contributed by atoms with E-state index in [2.05, 4.69) is 15.6 Å². The second-order valence-electron chi connectivity index (χ2n) is 8.08. The van der Waals surface area contributed by atoms with Crippen LogP contribution in [0.4, 0.5) is 5.69 Å². The zero-order chi connectivity index (χ0) is 24.8. The molecule has 2 heterocycles. The summed E-state index contributed by atoms with van der Waals surface area (Å²) < 4.78 is 7.05. The van der Waals surface area contributed by atoms with Gasteiger partial charge in [0.2, 0.25) is 11.8 Å². The molecule has 0 aliphatic heterocycles. The van der Waals surface area contributed by atoms with Crippen LogP contribution in [0.5, 0.6) is 11.5 Å². The average Bonchev–Trinajstić information content (AvgIpc) is 3.14. The van der Waals surface area contributed by atoms with Gasteiger partial charge >= 0.3 is 0 Å². The maximum absolute atomic E-state index is 12.7. The highest BCUT2D eigenvalue weighted by Gasteiger charge is 2.13. The zero-order valence-electron chi connectivity index (χ0n) is 19.5. The average molecular weight is 491 g/mol. The standard InChI is InChI=1S/C26H26N4O4S/c1-17-18(2)35-25-24(17)26(33)30(16-28-25)15-23(32)27-14-6-9-22(31)29-19-10-12-21(13-11-19)34-20-7-4-3-5-8-20/h3-5,7-8,10-13,16H,6,9,14-15H2,1-2H3,(H,27,32)(H,29,31). The quantitative estimate of drug-likeness (QED) is 0.339. The third-order valence-electron chi connectivity index (χ3n) is 5.49. The van der Waals surface area contributed by atoms with Gasteiger partial charge in [0.05, 0.1) is 11.7 Å². The normalized spacial score (nSPS) is 10.8. The van der Waals surface area contributed by atoms with Crippen LogP contribution in [0.3, 0.4) is 0 Å². The van der Waals surface area contributed by atoms with E-state index < -0.39 is 0 Å². The van der Waals surface area contributed by atoms with Gasteiger partial charge in [-0.15, -0.1) is 11.3 Å². The molecule has 2 aromatic carbocycles. The Hall–Kier alpha value is -3.98. The Bertz CT molecular complexity index is 1390. The van der Waals surface area contributed by atoms with Gasteiger partial charge in [0.15, 0.2) is 0 Å². The number of aromatic nitrogens is 2. The lowest BCUT2D eigenvalue weighted by molar-refractivity contribution is -0.122. The van der Waals surface area contributed by atoms with Crippen molar-refractivity contribution in [2.75, 3.05) is 11.9 Å². The van der Waals surface area contributed by atoms with Crippen molar-refractivity contribution < 1.29 is 14.3 Å². The Labute approximate surface area is 206 Å². The smallest absolute Gasteiger partial charge is 0.262 e. The van der Waals surface area contributed by atoms with E-state index in [1.807, 2.05) is 44.2 Å². The predicted molar refractivity (Wildman–Crippen MR) is 137 cm³/mol. The van der Waals surface area contributed by atoms with E-state index in [1.54, 1.807) is 24.3 Å². The lowest BCUT2D eigenvalue weighted by Crippen LogP contribution is -2.33. The van der Waals surface area contributed by atoms with Crippen molar-refractivity contribution in [1.82, 2.24) is 14.9 Å². The Kier molecular flexibility index (Phi) is 7.57. The van der Waals surface area contributed by atoms with Crippen LogP contribution in [0.25, 0.3) is 10.2 Å². The molecular weight excluding hydrogens is 464 g/mol. The molecule has 0 fully saturated rings. The summed E-state index contributed by atoms with van der Waals surface area (Å²) in [6.45, 7) is 4.06. The number of amides is 2. The van der Waals surface area contributed by atoms with Crippen molar-refractivity contribution in [3.8, 4) is 11.5 Å². The number of carbonyl (C=O) groups is 2. The van der Waals surface area contributed by atoms with Gasteiger partial charge in [0.1, 0.15) is 22.9 Å². The first-order chi connectivity index (χ1) is 16.9. The van der Waals surface area contributed by atoms with E-state index >= 15 is 0 Å². The van der Waals surface area contributed by atoms with Gasteiger partial charge in [0, 0.05) is 23.5 Å². The highest BCUT2D eigenvalue weighted by molar-refractivity contribution is 7.18. The molecule has 0 atom stereocenters. The van der Waals surface area contributed by atoms with Crippen LogP contribution in [0, 0.1) is 13.8 Å². The summed E-state index contributed by atoms with van der Waals surface area (Å²) in [6.07, 6.45) is 2.13. The molecule has 0 bridgehead atoms. The molecule has 35 heavy (non-hydrogen) atoms. The number of carbonyl (C=O) groups excluding carboxylic acids is 2. The summed E-state index contributed by atoms with van der Waals surface area (Å²) in [5.41, 5.74) is 1.36. The van der Waals surface area contributed by atoms with Crippen molar-refractivity contribution in [2.24, 2.45) is 0 Å². The lowest BCUT2D eigenvalue weighted by Gasteiger charge is -2.09. The number of nitrogens with zero attached hydrogens (tertiary/aromatic N) is 2. The second-order valence-corrected chi connectivity index (χ2v) is 9.29. The molecule has 0 unspecified atom stereocenters. The lowest BCUT2D eigenvalue weighted by atomic mass is 10.2. The van der Waals surface area contributed by atoms with Crippen molar-refractivity contribution in [3.05, 3.63) is 81.7 Å². The summed E-state index contributed by atoms with van der Waals surface area (Å²) in [6, 6.07) is 16.6. The third kappa shape index (κ3) is 6.13. The van der Waals surface area contributed by atoms with Gasteiger partial charge in [-0.3, -0.25) is 19.0 Å². The maximum Gasteiger partial charge on any atom is 0.262 e. The zero-order valence-corrected chi connectivity index (χ0v) is 20.4. The van der Waals surface area contributed by atoms with Crippen LogP contribution < -0.4 is 20.9 Å². The van der Waals surface area contributed by atoms with Crippen LogP contribution in [0.2, 0.25) is 0 Å². The van der Waals surface area contributed by atoms with Gasteiger partial charge in [-0.05, 0) is 62.2 Å². The van der Waals surface area contributed by atoms with E-state index in [0.717, 1.165) is 16.2 Å². The number of benzene rings is 2. The number of thiophene rings is 1. The van der Waals surface area contributed by atoms with E-state index in [4.69, 9.17) is 4.74 Å². The molecule has 0 saturated heterocycles. The molecular formula is C26H26N4O4S. The highest BCUT2D eigenvalue weighted by Crippen LogP contribution is 2.25. The van der Waals surface area contributed by atoms with Crippen molar-refractivity contribution in [2.45, 2.75) is 33.2 Å². The number of rotatable bonds is 9. The molecule has 0 aliphatic carbocycles. The first-order valence-corrected chi connectivity index (χ1v) is 12.1. The minimum Gasteiger partial charge on any atom is -0.457 e.